The second kappa shape index (κ2) is 15.8. The number of ether oxygens (including phenoxy) is 1. The van der Waals surface area contributed by atoms with E-state index in [9.17, 15) is 23.0 Å². The number of rotatable bonds is 14. The van der Waals surface area contributed by atoms with E-state index in [0.717, 1.165) is 16.7 Å². The first-order valence-corrected chi connectivity index (χ1v) is 20.1. The third kappa shape index (κ3) is 8.60. The summed E-state index contributed by atoms with van der Waals surface area (Å²) >= 11 is 0. The zero-order valence-electron chi connectivity index (χ0n) is 31.5. The van der Waals surface area contributed by atoms with Gasteiger partial charge in [0.25, 0.3) is 5.91 Å². The van der Waals surface area contributed by atoms with Crippen molar-refractivity contribution in [2.45, 2.75) is 51.6 Å². The molecule has 55 heavy (non-hydrogen) atoms. The summed E-state index contributed by atoms with van der Waals surface area (Å²) in [5.74, 6) is -0.180. The number of sulfone groups is 1. The summed E-state index contributed by atoms with van der Waals surface area (Å²) in [6.07, 6.45) is 3.20. The lowest BCUT2D eigenvalue weighted by Crippen LogP contribution is -2.40. The first kappa shape index (κ1) is 38.8. The van der Waals surface area contributed by atoms with Gasteiger partial charge in [0.05, 0.1) is 23.2 Å². The van der Waals surface area contributed by atoms with Crippen LogP contribution < -0.4 is 15.4 Å². The van der Waals surface area contributed by atoms with Gasteiger partial charge in [0.15, 0.2) is 5.65 Å². The zero-order chi connectivity index (χ0) is 39.4. The van der Waals surface area contributed by atoms with Crippen molar-refractivity contribution < 1.29 is 22.3 Å². The number of hydrogen-bond acceptors (Lipinski definition) is 8. The number of aromatic nitrogens is 3. The highest BCUT2D eigenvalue weighted by Crippen LogP contribution is 2.43. The monoisotopic (exact) mass is 760 g/mol. The number of amides is 1. The predicted octanol–water partition coefficient (Wildman–Crippen LogP) is 7.76. The Balaban J connectivity index is 1.58. The maximum absolute atomic E-state index is 14.2. The highest BCUT2D eigenvalue weighted by molar-refractivity contribution is 7.90. The Morgan fingerprint density at radius 1 is 0.891 bits per heavy atom. The van der Waals surface area contributed by atoms with Crippen molar-refractivity contribution in [1.29, 1.82) is 5.41 Å². The second-order valence-electron chi connectivity index (χ2n) is 14.5. The largest absolute Gasteiger partial charge is 0.461 e. The van der Waals surface area contributed by atoms with E-state index in [0.29, 0.717) is 29.9 Å². The van der Waals surface area contributed by atoms with Crippen LogP contribution in [0.5, 0.6) is 5.75 Å². The van der Waals surface area contributed by atoms with E-state index in [2.05, 4.69) is 47.0 Å². The molecule has 284 valence electrons. The van der Waals surface area contributed by atoms with Crippen molar-refractivity contribution in [2.24, 2.45) is 0 Å². The third-order valence-electron chi connectivity index (χ3n) is 8.99. The topological polar surface area (TPSA) is 139 Å². The molecule has 1 unspecified atom stereocenters. The minimum absolute atomic E-state index is 0.0116. The van der Waals surface area contributed by atoms with Crippen molar-refractivity contribution in [3.63, 3.8) is 0 Å². The van der Waals surface area contributed by atoms with Crippen molar-refractivity contribution in [2.75, 3.05) is 23.9 Å². The molecular formula is C43H45FN6O4S. The molecule has 0 fully saturated rings. The summed E-state index contributed by atoms with van der Waals surface area (Å²) in [6.45, 7) is 7.26. The van der Waals surface area contributed by atoms with Gasteiger partial charge in [-0.15, -0.1) is 0 Å². The molecule has 12 heteroatoms. The molecule has 0 aliphatic heterocycles. The first-order chi connectivity index (χ1) is 26.2. The maximum atomic E-state index is 14.2. The number of carbonyl (C=O) groups is 1. The van der Waals surface area contributed by atoms with Gasteiger partial charge in [0.1, 0.15) is 32.3 Å². The lowest BCUT2D eigenvalue weighted by atomic mass is 9.76. The number of nitrogens with zero attached hydrogens (tertiary/aromatic N) is 3. The number of anilines is 1. The van der Waals surface area contributed by atoms with E-state index in [1.54, 1.807) is 18.3 Å². The van der Waals surface area contributed by atoms with Gasteiger partial charge in [-0.1, -0.05) is 91.0 Å². The number of halogens is 1. The average molecular weight is 761 g/mol. The van der Waals surface area contributed by atoms with Gasteiger partial charge >= 0.3 is 0 Å². The molecule has 10 nitrogen and oxygen atoms in total. The van der Waals surface area contributed by atoms with Gasteiger partial charge in [-0.3, -0.25) is 10.2 Å². The number of hydrogen-bond donors (Lipinski definition) is 3. The molecule has 0 aliphatic rings. The Labute approximate surface area is 321 Å². The van der Waals surface area contributed by atoms with Crippen molar-refractivity contribution in [3.05, 3.63) is 155 Å². The van der Waals surface area contributed by atoms with Gasteiger partial charge in [-0.2, -0.15) is 0 Å². The smallest absolute Gasteiger partial charge is 0.255 e. The highest BCUT2D eigenvalue weighted by Gasteiger charge is 2.41. The molecule has 1 amide bonds. The second-order valence-corrected chi connectivity index (χ2v) is 16.8. The van der Waals surface area contributed by atoms with Crippen LogP contribution in [0.4, 0.5) is 10.1 Å². The van der Waals surface area contributed by atoms with Gasteiger partial charge in [-0.25, -0.2) is 22.8 Å². The molecule has 2 aromatic heterocycles. The standard InChI is InChI=1S/C43H45FN6O4S/c1-29(44)54-33-22-23-36(46-24-15-25-55(5,52)53)34(26-33)38(45)37-27-47-40-39(48-37)35(41(51)49-42(2,3)4)28-50(40)43(30-16-9-6-10-17-30,31-18-11-7-12-19-31)32-20-13-8-14-21-32/h6-14,16-23,26-29,45-46H,15,24-25H2,1-5H3,(H,49,51). The van der Waals surface area contributed by atoms with Crippen LogP contribution in [0.25, 0.3) is 11.2 Å². The summed E-state index contributed by atoms with van der Waals surface area (Å²) in [5, 5.41) is 15.7. The van der Waals surface area contributed by atoms with Crippen molar-refractivity contribution >= 4 is 38.3 Å². The predicted molar refractivity (Wildman–Crippen MR) is 216 cm³/mol. The highest BCUT2D eigenvalue weighted by atomic mass is 32.2. The summed E-state index contributed by atoms with van der Waals surface area (Å²) in [5.41, 5.74) is 3.08. The van der Waals surface area contributed by atoms with Crippen LogP contribution in [-0.4, -0.2) is 65.0 Å². The molecular weight excluding hydrogens is 716 g/mol. The molecule has 1 atom stereocenters. The molecule has 2 heterocycles. The Kier molecular flexibility index (Phi) is 11.2. The Hall–Kier alpha value is -5.88. The maximum Gasteiger partial charge on any atom is 0.255 e. The molecule has 6 rings (SSSR count). The number of alkyl halides is 1. The fourth-order valence-electron chi connectivity index (χ4n) is 6.74. The van der Waals surface area contributed by atoms with Crippen molar-refractivity contribution in [3.8, 4) is 5.75 Å². The number of nitrogens with one attached hydrogen (secondary N) is 3. The minimum Gasteiger partial charge on any atom is -0.461 e. The molecule has 0 radical (unpaired) electrons. The number of benzene rings is 4. The van der Waals surface area contributed by atoms with Crippen LogP contribution in [0.3, 0.4) is 0 Å². The summed E-state index contributed by atoms with van der Waals surface area (Å²) in [4.78, 5) is 24.2. The molecule has 0 spiro atoms. The lowest BCUT2D eigenvalue weighted by Gasteiger charge is -2.38. The zero-order valence-corrected chi connectivity index (χ0v) is 32.3. The quantitative estimate of drug-likeness (QED) is 0.0586. The fourth-order valence-corrected chi connectivity index (χ4v) is 7.41. The van der Waals surface area contributed by atoms with Crippen LogP contribution in [0, 0.1) is 5.41 Å². The SMILES string of the molecule is CC(F)Oc1ccc(NCCCS(C)(=O)=O)c(C(=N)c2cnc3c(n2)c(C(=O)NC(C)(C)C)cn3C(c2ccccc2)(c2ccccc2)c2ccccc2)c1. The Morgan fingerprint density at radius 3 is 1.96 bits per heavy atom. The van der Waals surface area contributed by atoms with Gasteiger partial charge in [-0.05, 0) is 62.1 Å². The lowest BCUT2D eigenvalue weighted by molar-refractivity contribution is 0.0860. The van der Waals surface area contributed by atoms with E-state index in [-0.39, 0.29) is 39.9 Å². The van der Waals surface area contributed by atoms with E-state index >= 15 is 0 Å². The summed E-state index contributed by atoms with van der Waals surface area (Å²) < 4.78 is 44.8. The normalized spacial score (nSPS) is 12.6. The third-order valence-corrected chi connectivity index (χ3v) is 10.0. The molecule has 3 N–H and O–H groups in total. The van der Waals surface area contributed by atoms with E-state index in [1.165, 1.54) is 25.4 Å². The summed E-state index contributed by atoms with van der Waals surface area (Å²) in [7, 11) is -3.17. The van der Waals surface area contributed by atoms with Crippen molar-refractivity contribution in [1.82, 2.24) is 19.9 Å². The molecule has 0 bridgehead atoms. The van der Waals surface area contributed by atoms with Crippen LogP contribution in [0.15, 0.2) is 122 Å². The van der Waals surface area contributed by atoms with Crippen LogP contribution in [0.2, 0.25) is 0 Å². The van der Waals surface area contributed by atoms with Crippen LogP contribution >= 0.6 is 0 Å². The van der Waals surface area contributed by atoms with Gasteiger partial charge < -0.3 is 19.9 Å². The first-order valence-electron chi connectivity index (χ1n) is 18.0. The molecule has 0 saturated carbocycles. The van der Waals surface area contributed by atoms with Crippen LogP contribution in [-0.2, 0) is 15.4 Å². The average Bonchev–Trinajstić information content (AvgIpc) is 3.53. The van der Waals surface area contributed by atoms with E-state index < -0.39 is 27.3 Å². The number of fused-ring (bicyclic) bond motifs is 1. The fraction of sp³-hybridized carbons (Fsp3) is 0.256. The number of carbonyl (C=O) groups excluding carboxylic acids is 1. The Bertz CT molecular complexity index is 2320. The molecule has 4 aromatic carbocycles. The Morgan fingerprint density at radius 2 is 1.45 bits per heavy atom. The molecule has 0 aliphatic carbocycles. The minimum atomic E-state index is -3.17. The van der Waals surface area contributed by atoms with E-state index in [4.69, 9.17) is 14.7 Å². The van der Waals surface area contributed by atoms with Gasteiger partial charge in [0, 0.05) is 42.7 Å². The summed E-state index contributed by atoms with van der Waals surface area (Å²) in [6, 6.07) is 34.8. The molecule has 0 saturated heterocycles. The van der Waals surface area contributed by atoms with Crippen LogP contribution in [0.1, 0.15) is 72.4 Å². The van der Waals surface area contributed by atoms with Gasteiger partial charge in [0.2, 0.25) is 6.36 Å². The van der Waals surface area contributed by atoms with E-state index in [1.807, 2.05) is 79.9 Å². The molecule has 6 aromatic rings.